The van der Waals surface area contributed by atoms with E-state index in [9.17, 15) is 4.79 Å². The molecule has 0 aliphatic rings. The number of hydrogen-bond donors (Lipinski definition) is 1. The van der Waals surface area contributed by atoms with Crippen LogP contribution >= 0.6 is 34.8 Å². The number of nitrogens with one attached hydrogen (secondary N) is 1. The number of hydrogen-bond acceptors (Lipinski definition) is 4. The Morgan fingerprint density at radius 2 is 1.81 bits per heavy atom. The van der Waals surface area contributed by atoms with Crippen molar-refractivity contribution in [1.82, 2.24) is 4.98 Å². The molecule has 4 aromatic rings. The number of ether oxygens (including phenoxy) is 1. The van der Waals surface area contributed by atoms with E-state index in [1.54, 1.807) is 48.5 Å². The summed E-state index contributed by atoms with van der Waals surface area (Å²) >= 11 is 18.1. The maximum Gasteiger partial charge on any atom is 0.248 e. The highest BCUT2D eigenvalue weighted by atomic mass is 35.5. The van der Waals surface area contributed by atoms with E-state index in [0.29, 0.717) is 49.1 Å². The Morgan fingerprint density at radius 3 is 2.55 bits per heavy atom. The number of benzene rings is 3. The third-order valence-electron chi connectivity index (χ3n) is 4.40. The molecule has 0 bridgehead atoms. The van der Waals surface area contributed by atoms with Crippen molar-refractivity contribution in [3.8, 4) is 17.2 Å². The Hall–Kier alpha value is -2.99. The first kappa shape index (κ1) is 21.2. The number of rotatable bonds is 5. The number of fused-ring (bicyclic) bond motifs is 1. The minimum atomic E-state index is -0.317. The molecule has 0 atom stereocenters. The number of amides is 1. The van der Waals surface area contributed by atoms with Gasteiger partial charge >= 0.3 is 0 Å². The highest BCUT2D eigenvalue weighted by molar-refractivity contribution is 6.36. The number of carbonyl (C=O) groups is 1. The molecule has 3 aromatic carbocycles. The zero-order chi connectivity index (χ0) is 22.0. The number of methoxy groups -OCH3 is 1. The van der Waals surface area contributed by atoms with Gasteiger partial charge in [-0.15, -0.1) is 0 Å². The predicted octanol–water partition coefficient (Wildman–Crippen LogP) is 7.12. The molecule has 156 valence electrons. The summed E-state index contributed by atoms with van der Waals surface area (Å²) in [6.07, 6.45) is 2.96. The smallest absolute Gasteiger partial charge is 0.248 e. The second kappa shape index (κ2) is 9.02. The van der Waals surface area contributed by atoms with Crippen LogP contribution in [0.15, 0.2) is 65.1 Å². The van der Waals surface area contributed by atoms with Crippen molar-refractivity contribution in [3.63, 3.8) is 0 Å². The zero-order valence-corrected chi connectivity index (χ0v) is 18.4. The molecule has 0 aliphatic carbocycles. The first-order chi connectivity index (χ1) is 14.9. The fraction of sp³-hybridized carbons (Fsp3) is 0.0435. The van der Waals surface area contributed by atoms with Gasteiger partial charge < -0.3 is 14.5 Å². The van der Waals surface area contributed by atoms with Crippen LogP contribution in [0.1, 0.15) is 5.56 Å². The normalized spacial score (nSPS) is 11.2. The molecule has 8 heteroatoms. The average Bonchev–Trinajstić information content (AvgIpc) is 3.15. The van der Waals surface area contributed by atoms with Crippen LogP contribution in [0.2, 0.25) is 15.1 Å². The summed E-state index contributed by atoms with van der Waals surface area (Å²) in [5.74, 6) is 0.599. The number of nitrogens with zero attached hydrogens (tertiary/aromatic N) is 1. The predicted molar refractivity (Wildman–Crippen MR) is 125 cm³/mol. The SMILES string of the molecule is COc1c(Cl)cc(Cl)cc1C=CC(=O)Nc1ccc(-c2nc3cc(Cl)ccc3o2)cc1. The summed E-state index contributed by atoms with van der Waals surface area (Å²) in [5, 5.41) is 4.20. The topological polar surface area (TPSA) is 64.4 Å². The summed E-state index contributed by atoms with van der Waals surface area (Å²) in [6.45, 7) is 0. The van der Waals surface area contributed by atoms with Crippen LogP contribution in [0.25, 0.3) is 28.6 Å². The largest absolute Gasteiger partial charge is 0.495 e. The monoisotopic (exact) mass is 472 g/mol. The Labute approximate surface area is 193 Å². The first-order valence-corrected chi connectivity index (χ1v) is 10.2. The van der Waals surface area contributed by atoms with E-state index in [-0.39, 0.29) is 5.91 Å². The molecular weight excluding hydrogens is 459 g/mol. The third kappa shape index (κ3) is 4.85. The Bertz CT molecular complexity index is 1300. The van der Waals surface area contributed by atoms with E-state index in [0.717, 1.165) is 5.56 Å². The molecule has 0 fully saturated rings. The quantitative estimate of drug-likeness (QED) is 0.314. The van der Waals surface area contributed by atoms with Crippen molar-refractivity contribution < 1.29 is 13.9 Å². The standard InChI is InChI=1S/C23H15Cl3N2O3/c1-30-22-14(10-16(25)11-18(22)26)4-9-21(29)27-17-6-2-13(3-7-17)23-28-19-12-15(24)5-8-20(19)31-23/h2-12H,1H3,(H,27,29). The number of oxazole rings is 1. The van der Waals surface area contributed by atoms with Crippen molar-refractivity contribution in [3.05, 3.63) is 81.3 Å². The third-order valence-corrected chi connectivity index (χ3v) is 5.14. The van der Waals surface area contributed by atoms with Crippen molar-refractivity contribution in [2.24, 2.45) is 0 Å². The lowest BCUT2D eigenvalue weighted by atomic mass is 10.1. The van der Waals surface area contributed by atoms with Gasteiger partial charge in [0.25, 0.3) is 0 Å². The van der Waals surface area contributed by atoms with Crippen molar-refractivity contribution >= 4 is 63.6 Å². The second-order valence-corrected chi connectivity index (χ2v) is 7.82. The van der Waals surface area contributed by atoms with E-state index in [1.165, 1.54) is 13.2 Å². The molecule has 1 amide bonds. The fourth-order valence-corrected chi connectivity index (χ4v) is 3.74. The average molecular weight is 474 g/mol. The molecule has 0 radical (unpaired) electrons. The van der Waals surface area contributed by atoms with Crippen molar-refractivity contribution in [2.45, 2.75) is 0 Å². The van der Waals surface area contributed by atoms with Crippen LogP contribution in [0.5, 0.6) is 5.75 Å². The van der Waals surface area contributed by atoms with Gasteiger partial charge in [0.1, 0.15) is 11.3 Å². The summed E-state index contributed by atoms with van der Waals surface area (Å²) < 4.78 is 11.0. The van der Waals surface area contributed by atoms with E-state index in [1.807, 2.05) is 12.1 Å². The van der Waals surface area contributed by atoms with E-state index in [4.69, 9.17) is 44.0 Å². The minimum Gasteiger partial charge on any atom is -0.495 e. The fourth-order valence-electron chi connectivity index (χ4n) is 2.99. The van der Waals surface area contributed by atoms with E-state index < -0.39 is 0 Å². The molecule has 1 aromatic heterocycles. The van der Waals surface area contributed by atoms with E-state index >= 15 is 0 Å². The molecule has 0 unspecified atom stereocenters. The van der Waals surface area contributed by atoms with Gasteiger partial charge in [-0.3, -0.25) is 4.79 Å². The minimum absolute atomic E-state index is 0.317. The van der Waals surface area contributed by atoms with Gasteiger partial charge in [-0.2, -0.15) is 0 Å². The Kier molecular flexibility index (Phi) is 6.18. The van der Waals surface area contributed by atoms with Crippen molar-refractivity contribution in [1.29, 1.82) is 0 Å². The Morgan fingerprint density at radius 1 is 1.03 bits per heavy atom. The number of halogens is 3. The van der Waals surface area contributed by atoms with Gasteiger partial charge in [0, 0.05) is 32.9 Å². The van der Waals surface area contributed by atoms with Crippen LogP contribution < -0.4 is 10.1 Å². The lowest BCUT2D eigenvalue weighted by Gasteiger charge is -2.08. The summed E-state index contributed by atoms with van der Waals surface area (Å²) in [5.41, 5.74) is 3.33. The van der Waals surface area contributed by atoms with Crippen LogP contribution in [0, 0.1) is 0 Å². The van der Waals surface area contributed by atoms with Gasteiger partial charge in [0.05, 0.1) is 12.1 Å². The molecule has 4 rings (SSSR count). The zero-order valence-electron chi connectivity index (χ0n) is 16.2. The van der Waals surface area contributed by atoms with Gasteiger partial charge in [0.15, 0.2) is 5.58 Å². The maximum absolute atomic E-state index is 12.3. The van der Waals surface area contributed by atoms with E-state index in [2.05, 4.69) is 10.3 Å². The molecule has 1 heterocycles. The van der Waals surface area contributed by atoms with Crippen LogP contribution in [0.4, 0.5) is 5.69 Å². The Balaban J connectivity index is 1.47. The van der Waals surface area contributed by atoms with Crippen LogP contribution in [0.3, 0.4) is 0 Å². The molecule has 5 nitrogen and oxygen atoms in total. The number of carbonyl (C=O) groups excluding carboxylic acids is 1. The lowest BCUT2D eigenvalue weighted by Crippen LogP contribution is -2.07. The molecule has 0 saturated heterocycles. The van der Waals surface area contributed by atoms with Gasteiger partial charge in [-0.05, 0) is 60.7 Å². The van der Waals surface area contributed by atoms with Crippen LogP contribution in [-0.4, -0.2) is 18.0 Å². The molecule has 0 aliphatic heterocycles. The highest BCUT2D eigenvalue weighted by Crippen LogP contribution is 2.33. The molecule has 1 N–H and O–H groups in total. The highest BCUT2D eigenvalue weighted by Gasteiger charge is 2.10. The lowest BCUT2D eigenvalue weighted by molar-refractivity contribution is -0.111. The second-order valence-electron chi connectivity index (χ2n) is 6.54. The molecule has 0 spiro atoms. The molecule has 0 saturated carbocycles. The van der Waals surface area contributed by atoms with Gasteiger partial charge in [0.2, 0.25) is 11.8 Å². The van der Waals surface area contributed by atoms with Gasteiger partial charge in [-0.1, -0.05) is 34.8 Å². The molecular formula is C23H15Cl3N2O3. The van der Waals surface area contributed by atoms with Crippen molar-refractivity contribution in [2.75, 3.05) is 12.4 Å². The summed E-state index contributed by atoms with van der Waals surface area (Å²) in [6, 6.07) is 15.7. The van der Waals surface area contributed by atoms with Crippen LogP contribution in [-0.2, 0) is 4.79 Å². The number of aromatic nitrogens is 1. The number of anilines is 1. The summed E-state index contributed by atoms with van der Waals surface area (Å²) in [7, 11) is 1.50. The summed E-state index contributed by atoms with van der Waals surface area (Å²) in [4.78, 5) is 16.8. The first-order valence-electron chi connectivity index (χ1n) is 9.11. The maximum atomic E-state index is 12.3. The molecule has 31 heavy (non-hydrogen) atoms. The van der Waals surface area contributed by atoms with Gasteiger partial charge in [-0.25, -0.2) is 4.98 Å².